The Morgan fingerprint density at radius 1 is 1.13 bits per heavy atom. The monoisotopic (exact) mass is 416 g/mol. The molecule has 1 aromatic carbocycles. The zero-order chi connectivity index (χ0) is 20.9. The average molecular weight is 416 g/mol. The van der Waals surface area contributed by atoms with Gasteiger partial charge in [-0.3, -0.25) is 9.36 Å². The third-order valence-electron chi connectivity index (χ3n) is 5.68. The highest BCUT2D eigenvalue weighted by atomic mass is 19.1. The number of H-pyrrole nitrogens is 1. The summed E-state index contributed by atoms with van der Waals surface area (Å²) in [6.45, 7) is 0.729. The number of halogens is 1. The number of benzene rings is 1. The van der Waals surface area contributed by atoms with Crippen LogP contribution in [-0.2, 0) is 0 Å². The molecule has 1 N–H and O–H groups in total. The molecule has 0 amide bonds. The van der Waals surface area contributed by atoms with Gasteiger partial charge in [0.25, 0.3) is 5.56 Å². The lowest BCUT2D eigenvalue weighted by Gasteiger charge is -2.27. The highest BCUT2D eigenvalue weighted by molar-refractivity contribution is 5.83. The van der Waals surface area contributed by atoms with Crippen molar-refractivity contribution < 1.29 is 4.39 Å². The molecule has 0 aliphatic carbocycles. The van der Waals surface area contributed by atoms with E-state index >= 15 is 0 Å². The van der Waals surface area contributed by atoms with Crippen LogP contribution in [0.15, 0.2) is 60.0 Å². The quantitative estimate of drug-likeness (QED) is 0.486. The third-order valence-corrected chi connectivity index (χ3v) is 5.68. The number of fused-ring (bicyclic) bond motifs is 2. The van der Waals surface area contributed by atoms with Crippen LogP contribution >= 0.6 is 0 Å². The molecule has 0 spiro atoms. The summed E-state index contributed by atoms with van der Waals surface area (Å²) in [4.78, 5) is 31.6. The van der Waals surface area contributed by atoms with Gasteiger partial charge in [-0.15, -0.1) is 0 Å². The van der Waals surface area contributed by atoms with E-state index in [0.29, 0.717) is 34.0 Å². The van der Waals surface area contributed by atoms with Gasteiger partial charge in [0.2, 0.25) is 0 Å². The number of aromatic nitrogens is 7. The molecule has 0 bridgehead atoms. The molecule has 1 fully saturated rings. The summed E-state index contributed by atoms with van der Waals surface area (Å²) in [6, 6.07) is 9.25. The van der Waals surface area contributed by atoms with E-state index in [4.69, 9.17) is 5.10 Å². The SMILES string of the molecule is O=c1c2cccn2nc([C@@H]2CCCN2c2ncnc3[nH]cnc23)n1-c1cccc(F)c1. The number of nitrogens with one attached hydrogen (secondary N) is 1. The van der Waals surface area contributed by atoms with Crippen LogP contribution < -0.4 is 10.5 Å². The number of nitrogens with zero attached hydrogens (tertiary/aromatic N) is 7. The van der Waals surface area contributed by atoms with Crippen LogP contribution in [0.2, 0.25) is 0 Å². The minimum Gasteiger partial charge on any atom is -0.344 e. The van der Waals surface area contributed by atoms with Gasteiger partial charge in [-0.25, -0.2) is 23.9 Å². The van der Waals surface area contributed by atoms with Gasteiger partial charge in [0.1, 0.15) is 23.2 Å². The average Bonchev–Trinajstić information content (AvgIpc) is 3.52. The van der Waals surface area contributed by atoms with Crippen LogP contribution in [0, 0.1) is 5.82 Å². The highest BCUT2D eigenvalue weighted by Crippen LogP contribution is 2.36. The standard InChI is InChI=1S/C21H17FN8O/c22-13-4-1-5-14(10-13)30-19(27-29-9-3-7-16(29)21(30)31)15-6-2-8-28(15)20-17-18(24-11-23-17)25-12-26-20/h1,3-5,7,9-12,15H,2,6,8H2,(H,23,24,25,26)/t15-/m0/s1. The molecule has 10 heteroatoms. The van der Waals surface area contributed by atoms with E-state index in [9.17, 15) is 9.18 Å². The van der Waals surface area contributed by atoms with E-state index in [1.54, 1.807) is 41.3 Å². The van der Waals surface area contributed by atoms with Crippen LogP contribution in [0.1, 0.15) is 24.7 Å². The van der Waals surface area contributed by atoms with Crippen molar-refractivity contribution in [3.63, 3.8) is 0 Å². The molecule has 0 unspecified atom stereocenters. The van der Waals surface area contributed by atoms with Crippen LogP contribution in [0.25, 0.3) is 22.4 Å². The van der Waals surface area contributed by atoms with Crippen molar-refractivity contribution in [1.82, 2.24) is 34.1 Å². The van der Waals surface area contributed by atoms with Crippen molar-refractivity contribution in [2.45, 2.75) is 18.9 Å². The van der Waals surface area contributed by atoms with Gasteiger partial charge in [0.05, 0.1) is 18.1 Å². The summed E-state index contributed by atoms with van der Waals surface area (Å²) in [6.07, 6.45) is 6.48. The maximum absolute atomic E-state index is 14.0. The van der Waals surface area contributed by atoms with Crippen LogP contribution in [0.4, 0.5) is 10.2 Å². The van der Waals surface area contributed by atoms with Crippen LogP contribution in [0.3, 0.4) is 0 Å². The normalized spacial score (nSPS) is 16.5. The molecule has 31 heavy (non-hydrogen) atoms. The second-order valence-electron chi connectivity index (χ2n) is 7.47. The predicted octanol–water partition coefficient (Wildman–Crippen LogP) is 2.63. The van der Waals surface area contributed by atoms with Gasteiger partial charge in [0.15, 0.2) is 17.3 Å². The Kier molecular flexibility index (Phi) is 3.85. The number of rotatable bonds is 3. The fraction of sp³-hybridized carbons (Fsp3) is 0.190. The van der Waals surface area contributed by atoms with Gasteiger partial charge >= 0.3 is 0 Å². The first-order chi connectivity index (χ1) is 15.2. The van der Waals surface area contributed by atoms with Crippen molar-refractivity contribution in [3.8, 4) is 5.69 Å². The molecule has 9 nitrogen and oxygen atoms in total. The molecule has 1 saturated heterocycles. The van der Waals surface area contributed by atoms with E-state index in [1.807, 2.05) is 0 Å². The third kappa shape index (κ3) is 2.71. The van der Waals surface area contributed by atoms with E-state index in [0.717, 1.165) is 19.4 Å². The molecular formula is C21H17FN8O. The van der Waals surface area contributed by atoms with Crippen LogP contribution in [0.5, 0.6) is 0 Å². The summed E-state index contributed by atoms with van der Waals surface area (Å²) < 4.78 is 17.1. The van der Waals surface area contributed by atoms with E-state index in [-0.39, 0.29) is 11.6 Å². The molecule has 0 radical (unpaired) electrons. The number of aromatic amines is 1. The first-order valence-electron chi connectivity index (χ1n) is 9.98. The molecule has 5 aromatic rings. The summed E-state index contributed by atoms with van der Waals surface area (Å²) in [5.41, 5.74) is 1.92. The summed E-state index contributed by atoms with van der Waals surface area (Å²) in [5.74, 6) is 0.795. The fourth-order valence-electron chi connectivity index (χ4n) is 4.33. The van der Waals surface area contributed by atoms with Gasteiger partial charge in [0, 0.05) is 12.7 Å². The predicted molar refractivity (Wildman–Crippen MR) is 112 cm³/mol. The number of anilines is 1. The molecule has 6 rings (SSSR count). The molecule has 5 heterocycles. The van der Waals surface area contributed by atoms with E-state index < -0.39 is 5.82 Å². The lowest BCUT2D eigenvalue weighted by atomic mass is 10.2. The molecule has 1 atom stereocenters. The van der Waals surface area contributed by atoms with Crippen molar-refractivity contribution in [1.29, 1.82) is 0 Å². The molecule has 1 aliphatic heterocycles. The fourth-order valence-corrected chi connectivity index (χ4v) is 4.33. The first kappa shape index (κ1) is 17.8. The Balaban J connectivity index is 1.59. The number of hydrogen-bond donors (Lipinski definition) is 1. The Hall–Kier alpha value is -4.08. The van der Waals surface area contributed by atoms with Crippen molar-refractivity contribution in [3.05, 3.63) is 77.2 Å². The maximum Gasteiger partial charge on any atom is 0.282 e. The van der Waals surface area contributed by atoms with Crippen molar-refractivity contribution in [2.75, 3.05) is 11.4 Å². The Morgan fingerprint density at radius 3 is 2.97 bits per heavy atom. The summed E-state index contributed by atoms with van der Waals surface area (Å²) in [7, 11) is 0. The zero-order valence-electron chi connectivity index (χ0n) is 16.3. The smallest absolute Gasteiger partial charge is 0.282 e. The van der Waals surface area contributed by atoms with Gasteiger partial charge in [-0.2, -0.15) is 5.10 Å². The Labute approximate surface area is 174 Å². The lowest BCUT2D eigenvalue weighted by molar-refractivity contribution is 0.596. The van der Waals surface area contributed by atoms with Gasteiger partial charge < -0.3 is 9.88 Å². The molecule has 4 aromatic heterocycles. The minimum absolute atomic E-state index is 0.238. The Morgan fingerprint density at radius 2 is 2.06 bits per heavy atom. The minimum atomic E-state index is -0.414. The summed E-state index contributed by atoms with van der Waals surface area (Å²) in [5, 5.41) is 4.77. The first-order valence-corrected chi connectivity index (χ1v) is 9.98. The van der Waals surface area contributed by atoms with E-state index in [2.05, 4.69) is 24.8 Å². The second-order valence-corrected chi connectivity index (χ2v) is 7.47. The van der Waals surface area contributed by atoms with Gasteiger partial charge in [-0.1, -0.05) is 6.07 Å². The highest BCUT2D eigenvalue weighted by Gasteiger charge is 2.33. The number of imidazole rings is 1. The van der Waals surface area contributed by atoms with Crippen molar-refractivity contribution >= 4 is 22.5 Å². The maximum atomic E-state index is 14.0. The van der Waals surface area contributed by atoms with Crippen LogP contribution in [-0.4, -0.2) is 40.7 Å². The zero-order valence-corrected chi connectivity index (χ0v) is 16.3. The number of hydrogen-bond acceptors (Lipinski definition) is 6. The lowest BCUT2D eigenvalue weighted by Crippen LogP contribution is -2.33. The molecule has 0 saturated carbocycles. The largest absolute Gasteiger partial charge is 0.344 e. The summed E-state index contributed by atoms with van der Waals surface area (Å²) >= 11 is 0. The van der Waals surface area contributed by atoms with E-state index in [1.165, 1.54) is 23.0 Å². The van der Waals surface area contributed by atoms with Crippen molar-refractivity contribution in [2.24, 2.45) is 0 Å². The van der Waals surface area contributed by atoms with Gasteiger partial charge in [-0.05, 0) is 43.2 Å². The molecule has 154 valence electrons. The Bertz CT molecular complexity index is 1490. The topological polar surface area (TPSA) is 97.0 Å². The molecule has 1 aliphatic rings. The second kappa shape index (κ2) is 6.73. The molecular weight excluding hydrogens is 399 g/mol.